The highest BCUT2D eigenvalue weighted by Crippen LogP contribution is 2.33. The van der Waals surface area contributed by atoms with Crippen LogP contribution < -0.4 is 26.0 Å². The lowest BCUT2D eigenvalue weighted by Crippen LogP contribution is -2.49. The van der Waals surface area contributed by atoms with Gasteiger partial charge in [0.05, 0.1) is 24.3 Å². The number of halogens is 3. The summed E-state index contributed by atoms with van der Waals surface area (Å²) in [7, 11) is 0. The van der Waals surface area contributed by atoms with Crippen molar-refractivity contribution in [2.75, 3.05) is 28.6 Å². The van der Waals surface area contributed by atoms with Crippen molar-refractivity contribution in [2.45, 2.75) is 12.3 Å². The molecule has 0 fully saturated rings. The molecule has 1 unspecified atom stereocenters. The lowest BCUT2D eigenvalue weighted by atomic mass is 10.1. The molecule has 0 saturated heterocycles. The van der Waals surface area contributed by atoms with Gasteiger partial charge in [0.2, 0.25) is 5.91 Å². The summed E-state index contributed by atoms with van der Waals surface area (Å²) in [6.07, 6.45) is -5.46. The van der Waals surface area contributed by atoms with Crippen LogP contribution in [0.3, 0.4) is 0 Å². The standard InChI is InChI=1S/C25H21F3N4O4/c26-25(27,28)16-6-4-8-18(12-16)31-24(35)15-5-3-7-17(11-15)30-22(33)14-32-13-21(23(29)34)36-20-10-2-1-9-19(20)32/h1-12,21H,13-14H2,(H2,29,34)(H,30,33)(H,31,35). The molecule has 0 spiro atoms. The second-order valence-electron chi connectivity index (χ2n) is 8.02. The molecule has 0 aromatic heterocycles. The fourth-order valence-corrected chi connectivity index (χ4v) is 3.69. The van der Waals surface area contributed by atoms with Crippen molar-refractivity contribution in [2.24, 2.45) is 5.73 Å². The lowest BCUT2D eigenvalue weighted by Gasteiger charge is -2.34. The molecule has 11 heteroatoms. The van der Waals surface area contributed by atoms with E-state index in [1.54, 1.807) is 35.2 Å². The number of hydrogen-bond acceptors (Lipinski definition) is 5. The van der Waals surface area contributed by atoms with Gasteiger partial charge in [0.15, 0.2) is 6.10 Å². The largest absolute Gasteiger partial charge is 0.477 e. The van der Waals surface area contributed by atoms with Gasteiger partial charge < -0.3 is 26.0 Å². The summed E-state index contributed by atoms with van der Waals surface area (Å²) in [6, 6.07) is 17.2. The molecule has 8 nitrogen and oxygen atoms in total. The first-order valence-electron chi connectivity index (χ1n) is 10.8. The minimum absolute atomic E-state index is 0.0146. The lowest BCUT2D eigenvalue weighted by molar-refractivity contribution is -0.137. The van der Waals surface area contributed by atoms with E-state index in [2.05, 4.69) is 10.6 Å². The summed E-state index contributed by atoms with van der Waals surface area (Å²) in [6.45, 7) is -0.0377. The van der Waals surface area contributed by atoms with E-state index in [0.29, 0.717) is 17.1 Å². The molecule has 186 valence electrons. The number of nitrogens with one attached hydrogen (secondary N) is 2. The minimum atomic E-state index is -4.54. The van der Waals surface area contributed by atoms with Gasteiger partial charge in [-0.25, -0.2) is 0 Å². The molecule has 0 aliphatic carbocycles. The van der Waals surface area contributed by atoms with E-state index in [1.807, 2.05) is 0 Å². The maximum Gasteiger partial charge on any atom is 0.416 e. The fourth-order valence-electron chi connectivity index (χ4n) is 3.69. The second kappa shape index (κ2) is 9.98. The highest BCUT2D eigenvalue weighted by atomic mass is 19.4. The molecule has 0 saturated carbocycles. The van der Waals surface area contributed by atoms with E-state index < -0.39 is 35.6 Å². The SMILES string of the molecule is NC(=O)C1CN(CC(=O)Nc2cccc(C(=O)Nc3cccc(C(F)(F)F)c3)c2)c2ccccc2O1. The Hall–Kier alpha value is -4.54. The molecular formula is C25H21F3N4O4. The Kier molecular flexibility index (Phi) is 6.82. The Morgan fingerprint density at radius 3 is 2.36 bits per heavy atom. The third-order valence-corrected chi connectivity index (χ3v) is 5.37. The van der Waals surface area contributed by atoms with Gasteiger partial charge >= 0.3 is 6.18 Å². The topological polar surface area (TPSA) is 114 Å². The van der Waals surface area contributed by atoms with Crippen molar-refractivity contribution in [3.05, 3.63) is 83.9 Å². The van der Waals surface area contributed by atoms with E-state index in [0.717, 1.165) is 12.1 Å². The van der Waals surface area contributed by atoms with Crippen LogP contribution in [0, 0.1) is 0 Å². The molecule has 3 aromatic carbocycles. The monoisotopic (exact) mass is 498 g/mol. The van der Waals surface area contributed by atoms with Gasteiger partial charge in [-0.15, -0.1) is 0 Å². The van der Waals surface area contributed by atoms with Gasteiger partial charge in [-0.05, 0) is 48.5 Å². The van der Waals surface area contributed by atoms with Crippen molar-refractivity contribution in [3.8, 4) is 5.75 Å². The number of amides is 3. The Balaban J connectivity index is 1.43. The number of alkyl halides is 3. The third-order valence-electron chi connectivity index (χ3n) is 5.37. The number of para-hydroxylation sites is 2. The average molecular weight is 498 g/mol. The number of fused-ring (bicyclic) bond motifs is 1. The fraction of sp³-hybridized carbons (Fsp3) is 0.160. The molecule has 1 aliphatic rings. The Bertz CT molecular complexity index is 1310. The average Bonchev–Trinajstić information content (AvgIpc) is 2.83. The molecule has 3 aromatic rings. The Labute approximate surface area is 203 Å². The molecule has 0 radical (unpaired) electrons. The zero-order chi connectivity index (χ0) is 25.9. The van der Waals surface area contributed by atoms with Crippen LogP contribution in [-0.2, 0) is 15.8 Å². The summed E-state index contributed by atoms with van der Waals surface area (Å²) in [5.41, 5.74) is 5.56. The summed E-state index contributed by atoms with van der Waals surface area (Å²) in [5, 5.41) is 5.11. The van der Waals surface area contributed by atoms with Gasteiger partial charge in [0.25, 0.3) is 11.8 Å². The molecule has 3 amide bonds. The van der Waals surface area contributed by atoms with Crippen LogP contribution in [0.5, 0.6) is 5.75 Å². The number of ether oxygens (including phenoxy) is 1. The van der Waals surface area contributed by atoms with Gasteiger partial charge in [0.1, 0.15) is 5.75 Å². The Morgan fingerprint density at radius 1 is 0.944 bits per heavy atom. The minimum Gasteiger partial charge on any atom is -0.477 e. The van der Waals surface area contributed by atoms with E-state index in [1.165, 1.54) is 30.3 Å². The number of nitrogens with zero attached hydrogens (tertiary/aromatic N) is 1. The van der Waals surface area contributed by atoms with E-state index in [-0.39, 0.29) is 24.3 Å². The molecule has 1 aliphatic heterocycles. The van der Waals surface area contributed by atoms with E-state index in [9.17, 15) is 27.6 Å². The van der Waals surface area contributed by atoms with Crippen LogP contribution in [0.4, 0.5) is 30.2 Å². The predicted molar refractivity (Wildman–Crippen MR) is 127 cm³/mol. The molecule has 0 bridgehead atoms. The smallest absolute Gasteiger partial charge is 0.416 e. The van der Waals surface area contributed by atoms with Crippen molar-refractivity contribution < 1.29 is 32.3 Å². The molecule has 1 atom stereocenters. The quantitative estimate of drug-likeness (QED) is 0.480. The van der Waals surface area contributed by atoms with E-state index >= 15 is 0 Å². The summed E-state index contributed by atoms with van der Waals surface area (Å²) >= 11 is 0. The van der Waals surface area contributed by atoms with Crippen LogP contribution in [0.2, 0.25) is 0 Å². The van der Waals surface area contributed by atoms with Crippen molar-refractivity contribution in [3.63, 3.8) is 0 Å². The first-order chi connectivity index (χ1) is 17.1. The number of nitrogens with two attached hydrogens (primary N) is 1. The number of anilines is 3. The zero-order valence-corrected chi connectivity index (χ0v) is 18.7. The number of benzene rings is 3. The van der Waals surface area contributed by atoms with Crippen LogP contribution in [0.25, 0.3) is 0 Å². The predicted octanol–water partition coefficient (Wildman–Crippen LogP) is 3.65. The molecule has 36 heavy (non-hydrogen) atoms. The van der Waals surface area contributed by atoms with Crippen LogP contribution in [0.15, 0.2) is 72.8 Å². The van der Waals surface area contributed by atoms with Gasteiger partial charge in [-0.2, -0.15) is 13.2 Å². The van der Waals surface area contributed by atoms with Crippen molar-refractivity contribution in [1.29, 1.82) is 0 Å². The van der Waals surface area contributed by atoms with Gasteiger partial charge in [-0.1, -0.05) is 24.3 Å². The van der Waals surface area contributed by atoms with E-state index in [4.69, 9.17) is 10.5 Å². The highest BCUT2D eigenvalue weighted by molar-refractivity contribution is 6.05. The van der Waals surface area contributed by atoms with Gasteiger partial charge in [0, 0.05) is 16.9 Å². The first-order valence-corrected chi connectivity index (χ1v) is 10.8. The number of primary amides is 1. The van der Waals surface area contributed by atoms with Crippen LogP contribution in [0.1, 0.15) is 15.9 Å². The van der Waals surface area contributed by atoms with Gasteiger partial charge in [-0.3, -0.25) is 14.4 Å². The maximum atomic E-state index is 12.9. The van der Waals surface area contributed by atoms with Crippen LogP contribution >= 0.6 is 0 Å². The number of carbonyl (C=O) groups excluding carboxylic acids is 3. The highest BCUT2D eigenvalue weighted by Gasteiger charge is 2.31. The normalized spacial score (nSPS) is 14.9. The summed E-state index contributed by atoms with van der Waals surface area (Å²) in [4.78, 5) is 38.7. The van der Waals surface area contributed by atoms with Crippen molar-refractivity contribution >= 4 is 34.8 Å². The number of rotatable bonds is 6. The molecule has 4 rings (SSSR count). The zero-order valence-electron chi connectivity index (χ0n) is 18.7. The first kappa shape index (κ1) is 24.6. The second-order valence-corrected chi connectivity index (χ2v) is 8.02. The molecular weight excluding hydrogens is 477 g/mol. The number of carbonyl (C=O) groups is 3. The van der Waals surface area contributed by atoms with Crippen molar-refractivity contribution in [1.82, 2.24) is 0 Å². The van der Waals surface area contributed by atoms with Crippen LogP contribution in [-0.4, -0.2) is 36.9 Å². The molecule has 1 heterocycles. The third kappa shape index (κ3) is 5.74. The maximum absolute atomic E-state index is 12.9. The Morgan fingerprint density at radius 2 is 1.64 bits per heavy atom. The summed E-state index contributed by atoms with van der Waals surface area (Å²) < 4.78 is 44.4. The number of hydrogen-bond donors (Lipinski definition) is 3. The summed E-state index contributed by atoms with van der Waals surface area (Å²) in [5.74, 6) is -1.30. The molecule has 4 N–H and O–H groups in total.